The van der Waals surface area contributed by atoms with Gasteiger partial charge in [-0.2, -0.15) is 0 Å². The molecular formula is C15H26N2O2. The van der Waals surface area contributed by atoms with Crippen LogP contribution < -0.4 is 0 Å². The van der Waals surface area contributed by atoms with Crippen LogP contribution >= 0.6 is 0 Å². The van der Waals surface area contributed by atoms with Crippen molar-refractivity contribution < 1.29 is 9.90 Å². The topological polar surface area (TPSA) is 43.8 Å². The lowest BCUT2D eigenvalue weighted by Crippen LogP contribution is -2.53. The molecule has 1 saturated heterocycles. The van der Waals surface area contributed by atoms with Gasteiger partial charge in [-0.05, 0) is 25.7 Å². The Kier molecular flexibility index (Phi) is 4.99. The minimum atomic E-state index is -0.169. The Morgan fingerprint density at radius 2 is 1.95 bits per heavy atom. The standard InChI is InChI=1S/C15H26N2O2/c1-3-5-12(2)15(19)17-10-8-16(9-11-17)13-6-4-7-14(13)18/h13-14,18H,2-11H2,1H3. The minimum Gasteiger partial charge on any atom is -0.391 e. The Morgan fingerprint density at radius 3 is 2.47 bits per heavy atom. The Bertz CT molecular complexity index is 335. The second-order valence-corrected chi connectivity index (χ2v) is 5.75. The van der Waals surface area contributed by atoms with Gasteiger partial charge in [0.1, 0.15) is 0 Å². The Balaban J connectivity index is 1.82. The number of hydrogen-bond acceptors (Lipinski definition) is 3. The average Bonchev–Trinajstić information content (AvgIpc) is 2.84. The van der Waals surface area contributed by atoms with Crippen LogP contribution in [0.15, 0.2) is 12.2 Å². The first kappa shape index (κ1) is 14.5. The first-order valence-corrected chi connectivity index (χ1v) is 7.52. The SMILES string of the molecule is C=C(CCC)C(=O)N1CCN(C2CCCC2O)CC1. The quantitative estimate of drug-likeness (QED) is 0.782. The van der Waals surface area contributed by atoms with Gasteiger partial charge in [0.2, 0.25) is 5.91 Å². The molecule has 1 saturated carbocycles. The van der Waals surface area contributed by atoms with Crippen molar-refractivity contribution in [2.24, 2.45) is 0 Å². The molecule has 2 fully saturated rings. The minimum absolute atomic E-state index is 0.119. The second kappa shape index (κ2) is 6.53. The van der Waals surface area contributed by atoms with Crippen LogP contribution in [0.4, 0.5) is 0 Å². The third kappa shape index (κ3) is 3.37. The van der Waals surface area contributed by atoms with Gasteiger partial charge >= 0.3 is 0 Å². The molecule has 108 valence electrons. The van der Waals surface area contributed by atoms with E-state index in [1.54, 1.807) is 0 Å². The molecule has 0 bridgehead atoms. The number of amides is 1. The molecule has 2 rings (SSSR count). The van der Waals surface area contributed by atoms with E-state index in [9.17, 15) is 9.90 Å². The number of nitrogens with zero attached hydrogens (tertiary/aromatic N) is 2. The highest BCUT2D eigenvalue weighted by Crippen LogP contribution is 2.25. The zero-order valence-electron chi connectivity index (χ0n) is 12.0. The Hall–Kier alpha value is -0.870. The number of hydrogen-bond donors (Lipinski definition) is 1. The van der Waals surface area contributed by atoms with Gasteiger partial charge < -0.3 is 10.0 Å². The van der Waals surface area contributed by atoms with Crippen LogP contribution in [-0.4, -0.2) is 59.1 Å². The van der Waals surface area contributed by atoms with Crippen molar-refractivity contribution >= 4 is 5.91 Å². The van der Waals surface area contributed by atoms with E-state index in [4.69, 9.17) is 0 Å². The number of aliphatic hydroxyl groups is 1. The van der Waals surface area contributed by atoms with Gasteiger partial charge in [0, 0.05) is 37.8 Å². The maximum absolute atomic E-state index is 12.1. The largest absolute Gasteiger partial charge is 0.391 e. The van der Waals surface area contributed by atoms with E-state index in [-0.39, 0.29) is 12.0 Å². The summed E-state index contributed by atoms with van der Waals surface area (Å²) in [7, 11) is 0. The zero-order valence-corrected chi connectivity index (χ0v) is 12.0. The third-order valence-corrected chi connectivity index (χ3v) is 4.37. The maximum atomic E-state index is 12.1. The van der Waals surface area contributed by atoms with Gasteiger partial charge in [-0.3, -0.25) is 9.69 Å². The lowest BCUT2D eigenvalue weighted by Gasteiger charge is -2.39. The van der Waals surface area contributed by atoms with Crippen LogP contribution in [0.2, 0.25) is 0 Å². The van der Waals surface area contributed by atoms with E-state index >= 15 is 0 Å². The summed E-state index contributed by atoms with van der Waals surface area (Å²) in [5.74, 6) is 0.119. The Morgan fingerprint density at radius 1 is 1.26 bits per heavy atom. The molecule has 2 unspecified atom stereocenters. The molecule has 0 spiro atoms. The maximum Gasteiger partial charge on any atom is 0.249 e. The molecule has 0 radical (unpaired) electrons. The molecule has 1 heterocycles. The van der Waals surface area contributed by atoms with Crippen LogP contribution in [0.1, 0.15) is 39.0 Å². The first-order chi connectivity index (χ1) is 9.13. The van der Waals surface area contributed by atoms with E-state index in [1.165, 1.54) is 0 Å². The summed E-state index contributed by atoms with van der Waals surface area (Å²) in [6.07, 6.45) is 4.74. The average molecular weight is 266 g/mol. The number of carbonyl (C=O) groups excluding carboxylic acids is 1. The molecule has 1 N–H and O–H groups in total. The van der Waals surface area contributed by atoms with E-state index in [0.29, 0.717) is 6.04 Å². The van der Waals surface area contributed by atoms with E-state index in [2.05, 4.69) is 18.4 Å². The second-order valence-electron chi connectivity index (χ2n) is 5.75. The molecule has 1 aliphatic heterocycles. The van der Waals surface area contributed by atoms with Crippen molar-refractivity contribution in [1.82, 2.24) is 9.80 Å². The fraction of sp³-hybridized carbons (Fsp3) is 0.800. The highest BCUT2D eigenvalue weighted by molar-refractivity contribution is 5.92. The summed E-state index contributed by atoms with van der Waals surface area (Å²) in [5.41, 5.74) is 0.733. The summed E-state index contributed by atoms with van der Waals surface area (Å²) in [6, 6.07) is 0.316. The van der Waals surface area contributed by atoms with Crippen molar-refractivity contribution in [3.05, 3.63) is 12.2 Å². The highest BCUT2D eigenvalue weighted by atomic mass is 16.3. The van der Waals surface area contributed by atoms with Gasteiger partial charge in [-0.25, -0.2) is 0 Å². The van der Waals surface area contributed by atoms with Gasteiger partial charge in [-0.1, -0.05) is 19.9 Å². The predicted molar refractivity (Wildman–Crippen MR) is 75.8 cm³/mol. The van der Waals surface area contributed by atoms with Gasteiger partial charge in [0.25, 0.3) is 0 Å². The summed E-state index contributed by atoms with van der Waals surface area (Å²) < 4.78 is 0. The smallest absolute Gasteiger partial charge is 0.249 e. The Labute approximate surface area is 116 Å². The number of carbonyl (C=O) groups is 1. The molecule has 0 aromatic heterocycles. The fourth-order valence-electron chi connectivity index (χ4n) is 3.24. The van der Waals surface area contributed by atoms with Crippen molar-refractivity contribution in [1.29, 1.82) is 0 Å². The summed E-state index contributed by atoms with van der Waals surface area (Å²) in [4.78, 5) is 16.4. The molecule has 0 aromatic rings. The monoisotopic (exact) mass is 266 g/mol. The molecule has 1 amide bonds. The van der Waals surface area contributed by atoms with Crippen LogP contribution in [-0.2, 0) is 4.79 Å². The van der Waals surface area contributed by atoms with E-state index in [0.717, 1.165) is 63.9 Å². The molecule has 4 nitrogen and oxygen atoms in total. The third-order valence-electron chi connectivity index (χ3n) is 4.37. The molecule has 19 heavy (non-hydrogen) atoms. The van der Waals surface area contributed by atoms with Gasteiger partial charge in [0.05, 0.1) is 6.10 Å². The van der Waals surface area contributed by atoms with Gasteiger partial charge in [0.15, 0.2) is 0 Å². The molecule has 2 atom stereocenters. The number of piperazine rings is 1. The van der Waals surface area contributed by atoms with Crippen molar-refractivity contribution in [2.45, 2.75) is 51.2 Å². The summed E-state index contributed by atoms with van der Waals surface area (Å²) in [6.45, 7) is 9.25. The summed E-state index contributed by atoms with van der Waals surface area (Å²) >= 11 is 0. The number of aliphatic hydroxyl groups excluding tert-OH is 1. The van der Waals surface area contributed by atoms with E-state index in [1.807, 2.05) is 4.90 Å². The first-order valence-electron chi connectivity index (χ1n) is 7.52. The molecule has 1 aliphatic carbocycles. The number of rotatable bonds is 4. The molecule has 4 heteroatoms. The highest BCUT2D eigenvalue weighted by Gasteiger charge is 2.33. The summed E-state index contributed by atoms with van der Waals surface area (Å²) in [5, 5.41) is 9.94. The van der Waals surface area contributed by atoms with Crippen molar-refractivity contribution in [3.8, 4) is 0 Å². The lowest BCUT2D eigenvalue weighted by molar-refractivity contribution is -0.129. The molecular weight excluding hydrogens is 240 g/mol. The van der Waals surface area contributed by atoms with Crippen molar-refractivity contribution in [2.75, 3.05) is 26.2 Å². The lowest BCUT2D eigenvalue weighted by atomic mass is 10.1. The van der Waals surface area contributed by atoms with Gasteiger partial charge in [-0.15, -0.1) is 0 Å². The van der Waals surface area contributed by atoms with Crippen LogP contribution in [0, 0.1) is 0 Å². The van der Waals surface area contributed by atoms with E-state index < -0.39 is 0 Å². The normalized spacial score (nSPS) is 28.6. The molecule has 2 aliphatic rings. The van der Waals surface area contributed by atoms with Crippen LogP contribution in [0.25, 0.3) is 0 Å². The van der Waals surface area contributed by atoms with Crippen LogP contribution in [0.5, 0.6) is 0 Å². The van der Waals surface area contributed by atoms with Crippen molar-refractivity contribution in [3.63, 3.8) is 0 Å². The fourth-order valence-corrected chi connectivity index (χ4v) is 3.24. The zero-order chi connectivity index (χ0) is 13.8. The predicted octanol–water partition coefficient (Wildman–Crippen LogP) is 1.40. The van der Waals surface area contributed by atoms with Crippen LogP contribution in [0.3, 0.4) is 0 Å². The molecule has 0 aromatic carbocycles.